The van der Waals surface area contributed by atoms with Crippen LogP contribution in [-0.2, 0) is 42.7 Å². The van der Waals surface area contributed by atoms with E-state index >= 15 is 0 Å². The van der Waals surface area contributed by atoms with E-state index in [0.29, 0.717) is 0 Å². The molecule has 0 aliphatic heterocycles. The number of hydrogen-bond donors (Lipinski definition) is 2. The van der Waals surface area contributed by atoms with Crippen LogP contribution in [0.5, 0.6) is 0 Å². The summed E-state index contributed by atoms with van der Waals surface area (Å²) in [6.45, 7) is 0. The van der Waals surface area contributed by atoms with Crippen molar-refractivity contribution in [2.75, 3.05) is 28.4 Å². The highest BCUT2D eigenvalue weighted by Crippen LogP contribution is 1.98. The third kappa shape index (κ3) is 27.7. The van der Waals surface area contributed by atoms with Crippen LogP contribution in [0, 0.1) is 0 Å². The second-order valence-electron chi connectivity index (χ2n) is 3.01. The Morgan fingerprint density at radius 2 is 0.750 bits per heavy atom. The molecule has 0 atom stereocenters. The van der Waals surface area contributed by atoms with Gasteiger partial charge in [-0.2, -0.15) is 0 Å². The molecule has 0 saturated carbocycles. The molecule has 24 heavy (non-hydrogen) atoms. The molecule has 0 radical (unpaired) electrons. The van der Waals surface area contributed by atoms with E-state index in [0.717, 1.165) is 24.3 Å². The molecule has 2 N–H and O–H groups in total. The predicted octanol–water partition coefficient (Wildman–Crippen LogP) is -0.594. The summed E-state index contributed by atoms with van der Waals surface area (Å²) in [5.41, 5.74) is 0. The summed E-state index contributed by atoms with van der Waals surface area (Å²) >= 11 is 0. The lowest BCUT2D eigenvalue weighted by Crippen LogP contribution is -1.98. The first-order valence-corrected chi connectivity index (χ1v) is 6.84. The molecule has 0 spiro atoms. The minimum absolute atomic E-state index is 0.578. The van der Waals surface area contributed by atoms with Crippen LogP contribution < -0.4 is 0 Å². The third-order valence-electron chi connectivity index (χ3n) is 1.52. The second kappa shape index (κ2) is 18.4. The first-order valence-electron chi connectivity index (χ1n) is 5.67. The summed E-state index contributed by atoms with van der Waals surface area (Å²) in [6.07, 6.45) is 3.97. The summed E-state index contributed by atoms with van der Waals surface area (Å²) in [4.78, 5) is 55.5. The van der Waals surface area contributed by atoms with Gasteiger partial charge in [-0.05, 0) is 0 Å². The van der Waals surface area contributed by atoms with Gasteiger partial charge in [-0.1, -0.05) is 0 Å². The maximum Gasteiger partial charge on any atom is 0.692 e. The van der Waals surface area contributed by atoms with E-state index in [1.165, 1.54) is 28.4 Å². The van der Waals surface area contributed by atoms with Crippen LogP contribution in [0.25, 0.3) is 0 Å². The van der Waals surface area contributed by atoms with Gasteiger partial charge in [0.25, 0.3) is 0 Å². The topological polar surface area (TPSA) is 163 Å². The lowest BCUT2D eigenvalue weighted by Gasteiger charge is -1.89. The van der Waals surface area contributed by atoms with E-state index in [-0.39, 0.29) is 0 Å². The molecule has 11 nitrogen and oxygen atoms in total. The van der Waals surface area contributed by atoms with Gasteiger partial charge in [0, 0.05) is 28.9 Å². The molecule has 0 heterocycles. The van der Waals surface area contributed by atoms with Crippen molar-refractivity contribution >= 4 is 32.1 Å². The lowest BCUT2D eigenvalue weighted by atomic mass is 10.5. The average Bonchev–Trinajstić information content (AvgIpc) is 2.56. The van der Waals surface area contributed by atoms with Gasteiger partial charge in [0.2, 0.25) is 0 Å². The van der Waals surface area contributed by atoms with Gasteiger partial charge < -0.3 is 18.9 Å². The quantitative estimate of drug-likeness (QED) is 0.282. The molecule has 0 bridgehead atoms. The molecule has 12 heteroatoms. The van der Waals surface area contributed by atoms with Crippen LogP contribution in [0.2, 0.25) is 0 Å². The Morgan fingerprint density at radius 3 is 0.833 bits per heavy atom. The molecule has 0 unspecified atom stereocenters. The van der Waals surface area contributed by atoms with Gasteiger partial charge in [0.05, 0.1) is 28.4 Å². The van der Waals surface area contributed by atoms with Crippen molar-refractivity contribution in [2.45, 2.75) is 0 Å². The fourth-order valence-electron chi connectivity index (χ4n) is 0.544. The van der Waals surface area contributed by atoms with Crippen LogP contribution in [0.3, 0.4) is 0 Å². The zero-order valence-corrected chi connectivity index (χ0v) is 14.2. The molecular weight excluding hydrogens is 351 g/mol. The fraction of sp³-hybridized carbons (Fsp3) is 0.333. The van der Waals surface area contributed by atoms with Crippen LogP contribution in [0.1, 0.15) is 0 Å². The largest absolute Gasteiger partial charge is 0.692 e. The Labute approximate surface area is 138 Å². The van der Waals surface area contributed by atoms with Gasteiger partial charge in [0.15, 0.2) is 0 Å². The minimum atomic E-state index is -2.87. The highest BCUT2D eigenvalue weighted by molar-refractivity contribution is 7.30. The van der Waals surface area contributed by atoms with Crippen molar-refractivity contribution in [1.29, 1.82) is 0 Å². The van der Waals surface area contributed by atoms with Crippen molar-refractivity contribution in [3.8, 4) is 0 Å². The van der Waals surface area contributed by atoms with E-state index in [1.807, 2.05) is 0 Å². The first-order chi connectivity index (χ1) is 11.1. The zero-order chi connectivity index (χ0) is 19.5. The Hall–Kier alpha value is -2.62. The molecule has 0 aliphatic rings. The Bertz CT molecular complexity index is 403. The number of carbonyl (C=O) groups is 4. The average molecular weight is 369 g/mol. The van der Waals surface area contributed by atoms with Gasteiger partial charge in [-0.25, -0.2) is 19.2 Å². The van der Waals surface area contributed by atoms with Crippen molar-refractivity contribution in [3.63, 3.8) is 0 Å². The lowest BCUT2D eigenvalue weighted by molar-refractivity contribution is -0.137. The van der Waals surface area contributed by atoms with Crippen LogP contribution in [0.4, 0.5) is 0 Å². The van der Waals surface area contributed by atoms with Crippen LogP contribution in [0.15, 0.2) is 24.3 Å². The SMILES string of the molecule is COC(=O)/C=C\C(=O)OC.COC(=O)/C=C\C(=O)OC.O=[P+](O)O. The number of esters is 4. The second-order valence-corrected chi connectivity index (χ2v) is 3.52. The Morgan fingerprint density at radius 1 is 0.625 bits per heavy atom. The van der Waals surface area contributed by atoms with Crippen molar-refractivity contribution < 1.29 is 52.5 Å². The molecule has 0 amide bonds. The summed E-state index contributed by atoms with van der Waals surface area (Å²) < 4.78 is 25.6. The van der Waals surface area contributed by atoms with E-state index in [1.54, 1.807) is 0 Å². The maximum absolute atomic E-state index is 10.3. The Kier molecular flexibility index (Phi) is 20.2. The smallest absolute Gasteiger partial charge is 0.466 e. The fourth-order valence-corrected chi connectivity index (χ4v) is 0.544. The van der Waals surface area contributed by atoms with E-state index in [4.69, 9.17) is 14.4 Å². The van der Waals surface area contributed by atoms with E-state index < -0.39 is 32.1 Å². The third-order valence-corrected chi connectivity index (χ3v) is 1.52. The monoisotopic (exact) mass is 369 g/mol. The van der Waals surface area contributed by atoms with Crippen molar-refractivity contribution in [1.82, 2.24) is 0 Å². The molecule has 0 aromatic rings. The summed E-state index contributed by atoms with van der Waals surface area (Å²) in [7, 11) is 2.03. The molecule has 136 valence electrons. The van der Waals surface area contributed by atoms with Crippen molar-refractivity contribution in [3.05, 3.63) is 24.3 Å². The molecule has 0 rings (SSSR count). The first kappa shape index (κ1) is 26.3. The summed E-state index contributed by atoms with van der Waals surface area (Å²) in [6, 6.07) is 0. The highest BCUT2D eigenvalue weighted by atomic mass is 31.1. The van der Waals surface area contributed by atoms with Gasteiger partial charge in [0.1, 0.15) is 0 Å². The van der Waals surface area contributed by atoms with Crippen LogP contribution >= 0.6 is 8.25 Å². The number of hydrogen-bond acceptors (Lipinski definition) is 9. The molecule has 0 aromatic carbocycles. The van der Waals surface area contributed by atoms with Gasteiger partial charge in [-0.3, -0.25) is 0 Å². The van der Waals surface area contributed by atoms with Crippen molar-refractivity contribution in [2.24, 2.45) is 0 Å². The molecule has 0 fully saturated rings. The summed E-state index contributed by atoms with van der Waals surface area (Å²) in [5.74, 6) is -2.31. The van der Waals surface area contributed by atoms with E-state index in [9.17, 15) is 19.2 Å². The molecular formula is C12H18O11P+. The van der Waals surface area contributed by atoms with Crippen LogP contribution in [-0.4, -0.2) is 62.1 Å². The molecule has 0 saturated heterocycles. The normalized spacial score (nSPS) is 8.92. The number of carbonyl (C=O) groups excluding carboxylic acids is 4. The van der Waals surface area contributed by atoms with E-state index in [2.05, 4.69) is 18.9 Å². The zero-order valence-electron chi connectivity index (χ0n) is 13.3. The minimum Gasteiger partial charge on any atom is -0.466 e. The predicted molar refractivity (Wildman–Crippen MR) is 78.4 cm³/mol. The highest BCUT2D eigenvalue weighted by Gasteiger charge is 1.95. The number of methoxy groups -OCH3 is 4. The Balaban J connectivity index is -0.000000301. The van der Waals surface area contributed by atoms with Gasteiger partial charge >= 0.3 is 32.1 Å². The number of rotatable bonds is 4. The van der Waals surface area contributed by atoms with Gasteiger partial charge in [-0.15, -0.1) is 9.79 Å². The summed E-state index contributed by atoms with van der Waals surface area (Å²) in [5, 5.41) is 0. The molecule has 0 aliphatic carbocycles. The standard InChI is InChI=1S/2C6H8O4.HO3P/c2*1-9-5(7)3-4-6(8)10-2;1-4(2)3/h2*3-4H,1-2H3;(H-,1,2,3)/p+1/b2*4-3-;. The molecule has 0 aromatic heterocycles. The number of ether oxygens (including phenoxy) is 4. The maximum atomic E-state index is 10.3.